The van der Waals surface area contributed by atoms with E-state index in [-0.39, 0.29) is 5.82 Å². The van der Waals surface area contributed by atoms with Crippen LogP contribution in [0.1, 0.15) is 35.5 Å². The van der Waals surface area contributed by atoms with E-state index in [2.05, 4.69) is 9.97 Å². The first kappa shape index (κ1) is 14.9. The summed E-state index contributed by atoms with van der Waals surface area (Å²) < 4.78 is 14.0. The first-order valence-corrected chi connectivity index (χ1v) is 7.17. The second kappa shape index (κ2) is 5.89. The zero-order valence-corrected chi connectivity index (χ0v) is 12.8. The van der Waals surface area contributed by atoms with Crippen LogP contribution in [-0.2, 0) is 0 Å². The molecule has 0 radical (unpaired) electrons. The van der Waals surface area contributed by atoms with Gasteiger partial charge in [-0.05, 0) is 62.7 Å². The van der Waals surface area contributed by atoms with Crippen LogP contribution in [0.25, 0.3) is 0 Å². The van der Waals surface area contributed by atoms with Gasteiger partial charge in [0.2, 0.25) is 0 Å². The maximum absolute atomic E-state index is 14.0. The average molecular weight is 292 g/mol. The highest BCUT2D eigenvalue weighted by molar-refractivity contribution is 7.99. The number of aromatic nitrogens is 2. The molecule has 1 aromatic carbocycles. The Morgan fingerprint density at radius 3 is 2.25 bits per heavy atom. The minimum Gasteiger partial charge on any atom is -0.389 e. The van der Waals surface area contributed by atoms with Gasteiger partial charge in [-0.1, -0.05) is 6.07 Å². The van der Waals surface area contributed by atoms with Gasteiger partial charge in [-0.3, -0.25) is 0 Å². The number of aliphatic hydroxyl groups excluding tert-OH is 1. The molecule has 5 heteroatoms. The molecule has 1 N–H and O–H groups in total. The van der Waals surface area contributed by atoms with E-state index in [9.17, 15) is 9.50 Å². The lowest BCUT2D eigenvalue weighted by atomic mass is 10.1. The Hall–Kier alpha value is -1.46. The highest BCUT2D eigenvalue weighted by Crippen LogP contribution is 2.29. The number of benzene rings is 1. The Bertz CT molecular complexity index is 621. The van der Waals surface area contributed by atoms with Gasteiger partial charge in [0, 0.05) is 11.4 Å². The normalized spacial score (nSPS) is 12.5. The average Bonchev–Trinajstić information content (AvgIpc) is 2.38. The monoisotopic (exact) mass is 292 g/mol. The van der Waals surface area contributed by atoms with Gasteiger partial charge in [0.05, 0.1) is 11.0 Å². The van der Waals surface area contributed by atoms with E-state index in [1.54, 1.807) is 19.1 Å². The van der Waals surface area contributed by atoms with Gasteiger partial charge in [-0.25, -0.2) is 14.4 Å². The van der Waals surface area contributed by atoms with Crippen LogP contribution in [0.2, 0.25) is 0 Å². The molecule has 20 heavy (non-hydrogen) atoms. The molecule has 1 heterocycles. The van der Waals surface area contributed by atoms with E-state index < -0.39 is 6.10 Å². The van der Waals surface area contributed by atoms with Gasteiger partial charge in [-0.15, -0.1) is 0 Å². The van der Waals surface area contributed by atoms with E-state index in [4.69, 9.17) is 0 Å². The van der Waals surface area contributed by atoms with Gasteiger partial charge < -0.3 is 5.11 Å². The standard InChI is InChI=1S/C15H17FN2OS/c1-8-9(2)17-15(18-10(8)3)20-14-6-5-12(11(4)19)7-13(14)16/h5-7,11,19H,1-4H3/t11-/m0/s1. The number of nitrogens with zero attached hydrogens (tertiary/aromatic N) is 2. The van der Waals surface area contributed by atoms with Crippen molar-refractivity contribution >= 4 is 11.8 Å². The van der Waals surface area contributed by atoms with Crippen LogP contribution in [0, 0.1) is 26.6 Å². The van der Waals surface area contributed by atoms with Crippen molar-refractivity contribution < 1.29 is 9.50 Å². The molecule has 0 saturated carbocycles. The predicted octanol–water partition coefficient (Wildman–Crippen LogP) is 3.75. The maximum Gasteiger partial charge on any atom is 0.192 e. The van der Waals surface area contributed by atoms with Crippen LogP contribution in [0.4, 0.5) is 4.39 Å². The molecule has 3 nitrogen and oxygen atoms in total. The molecule has 0 fully saturated rings. The van der Waals surface area contributed by atoms with Crippen molar-refractivity contribution in [3.63, 3.8) is 0 Å². The number of hydrogen-bond acceptors (Lipinski definition) is 4. The van der Waals surface area contributed by atoms with Crippen LogP contribution in [0.15, 0.2) is 28.3 Å². The van der Waals surface area contributed by atoms with Crippen LogP contribution in [0.5, 0.6) is 0 Å². The minimum atomic E-state index is -0.677. The van der Waals surface area contributed by atoms with Gasteiger partial charge in [0.1, 0.15) is 5.82 Å². The first-order valence-electron chi connectivity index (χ1n) is 6.35. The zero-order valence-electron chi connectivity index (χ0n) is 11.9. The summed E-state index contributed by atoms with van der Waals surface area (Å²) in [4.78, 5) is 9.18. The molecule has 0 aliphatic rings. The summed E-state index contributed by atoms with van der Waals surface area (Å²) in [6.45, 7) is 7.41. The lowest BCUT2D eigenvalue weighted by molar-refractivity contribution is 0.198. The third-order valence-electron chi connectivity index (χ3n) is 3.25. The smallest absolute Gasteiger partial charge is 0.192 e. The highest BCUT2D eigenvalue weighted by Gasteiger charge is 2.11. The number of aliphatic hydroxyl groups is 1. The Morgan fingerprint density at radius 2 is 1.75 bits per heavy atom. The Morgan fingerprint density at radius 1 is 1.15 bits per heavy atom. The topological polar surface area (TPSA) is 46.0 Å². The molecule has 0 saturated heterocycles. The summed E-state index contributed by atoms with van der Waals surface area (Å²) >= 11 is 1.19. The zero-order chi connectivity index (χ0) is 14.9. The van der Waals surface area contributed by atoms with E-state index in [1.165, 1.54) is 17.8 Å². The molecule has 106 valence electrons. The third kappa shape index (κ3) is 3.16. The minimum absolute atomic E-state index is 0.368. The molecule has 0 spiro atoms. The lowest BCUT2D eigenvalue weighted by Gasteiger charge is -2.09. The summed E-state index contributed by atoms with van der Waals surface area (Å²) in [7, 11) is 0. The molecule has 0 bridgehead atoms. The number of halogens is 1. The molecular weight excluding hydrogens is 275 g/mol. The third-order valence-corrected chi connectivity index (χ3v) is 4.17. The van der Waals surface area contributed by atoms with Crippen molar-refractivity contribution in [1.29, 1.82) is 0 Å². The summed E-state index contributed by atoms with van der Waals surface area (Å²) in [6, 6.07) is 4.71. The quantitative estimate of drug-likeness (QED) is 0.875. The summed E-state index contributed by atoms with van der Waals surface area (Å²) in [5.74, 6) is -0.368. The lowest BCUT2D eigenvalue weighted by Crippen LogP contribution is -1.98. The summed E-state index contributed by atoms with van der Waals surface area (Å²) in [6.07, 6.45) is -0.677. The first-order chi connectivity index (χ1) is 9.38. The maximum atomic E-state index is 14.0. The van der Waals surface area contributed by atoms with Gasteiger partial charge in [0.15, 0.2) is 5.16 Å². The van der Waals surface area contributed by atoms with Crippen molar-refractivity contribution in [2.75, 3.05) is 0 Å². The van der Waals surface area contributed by atoms with Gasteiger partial charge >= 0.3 is 0 Å². The molecular formula is C15H17FN2OS. The van der Waals surface area contributed by atoms with Crippen LogP contribution in [0.3, 0.4) is 0 Å². The van der Waals surface area contributed by atoms with Crippen molar-refractivity contribution in [3.05, 3.63) is 46.5 Å². The van der Waals surface area contributed by atoms with Crippen molar-refractivity contribution in [3.8, 4) is 0 Å². The number of aryl methyl sites for hydroxylation is 2. The number of rotatable bonds is 3. The van der Waals surface area contributed by atoms with E-state index in [1.807, 2.05) is 20.8 Å². The molecule has 2 aromatic rings. The predicted molar refractivity (Wildman–Crippen MR) is 77.4 cm³/mol. The second-order valence-corrected chi connectivity index (χ2v) is 5.78. The molecule has 1 atom stereocenters. The molecule has 2 rings (SSSR count). The summed E-state index contributed by atoms with van der Waals surface area (Å²) in [5.41, 5.74) is 3.42. The molecule has 0 amide bonds. The van der Waals surface area contributed by atoms with Crippen molar-refractivity contribution in [2.24, 2.45) is 0 Å². The van der Waals surface area contributed by atoms with E-state index in [0.717, 1.165) is 17.0 Å². The van der Waals surface area contributed by atoms with Gasteiger partial charge in [-0.2, -0.15) is 0 Å². The number of hydrogen-bond donors (Lipinski definition) is 1. The van der Waals surface area contributed by atoms with E-state index in [0.29, 0.717) is 15.6 Å². The Balaban J connectivity index is 2.31. The molecule has 1 aromatic heterocycles. The molecule has 0 aliphatic heterocycles. The summed E-state index contributed by atoms with van der Waals surface area (Å²) in [5, 5.41) is 9.97. The second-order valence-electron chi connectivity index (χ2n) is 4.77. The highest BCUT2D eigenvalue weighted by atomic mass is 32.2. The molecule has 0 aliphatic carbocycles. The molecule has 0 unspecified atom stereocenters. The van der Waals surface area contributed by atoms with Crippen molar-refractivity contribution in [2.45, 2.75) is 43.9 Å². The van der Waals surface area contributed by atoms with Crippen LogP contribution >= 0.6 is 11.8 Å². The fourth-order valence-electron chi connectivity index (χ4n) is 1.75. The largest absolute Gasteiger partial charge is 0.389 e. The Kier molecular flexibility index (Phi) is 4.40. The fourth-order valence-corrected chi connectivity index (χ4v) is 2.60. The van der Waals surface area contributed by atoms with Gasteiger partial charge in [0.25, 0.3) is 0 Å². The van der Waals surface area contributed by atoms with Crippen molar-refractivity contribution in [1.82, 2.24) is 9.97 Å². The van der Waals surface area contributed by atoms with E-state index >= 15 is 0 Å². The SMILES string of the molecule is Cc1nc(Sc2ccc([C@H](C)O)cc2F)nc(C)c1C. The fraction of sp³-hybridized carbons (Fsp3) is 0.333. The Labute approximate surface area is 122 Å². The van der Waals surface area contributed by atoms with Crippen LogP contribution in [-0.4, -0.2) is 15.1 Å². The van der Waals surface area contributed by atoms with Crippen LogP contribution < -0.4 is 0 Å².